The van der Waals surface area contributed by atoms with Crippen LogP contribution >= 0.6 is 0 Å². The Hall–Kier alpha value is -2.68. The number of nitrogens with zero attached hydrogens (tertiary/aromatic N) is 3. The zero-order valence-corrected chi connectivity index (χ0v) is 21.5. The molecule has 0 spiro atoms. The summed E-state index contributed by atoms with van der Waals surface area (Å²) in [4.78, 5) is 18.0. The van der Waals surface area contributed by atoms with Crippen molar-refractivity contribution in [1.82, 2.24) is 9.80 Å². The molecule has 2 aliphatic rings. The second-order valence-corrected chi connectivity index (χ2v) is 10.6. The summed E-state index contributed by atoms with van der Waals surface area (Å²) in [6.45, 7) is 8.73. The van der Waals surface area contributed by atoms with Crippen LogP contribution in [0.5, 0.6) is 5.75 Å². The Bertz CT molecular complexity index is 1070. The van der Waals surface area contributed by atoms with Crippen molar-refractivity contribution in [3.63, 3.8) is 0 Å². The monoisotopic (exact) mass is 499 g/mol. The van der Waals surface area contributed by atoms with Crippen LogP contribution in [0.15, 0.2) is 42.5 Å². The van der Waals surface area contributed by atoms with Gasteiger partial charge in [-0.3, -0.25) is 9.69 Å². The first kappa shape index (κ1) is 26.4. The highest BCUT2D eigenvalue weighted by Crippen LogP contribution is 2.29. The minimum Gasteiger partial charge on any atom is -0.490 e. The molecule has 0 unspecified atom stereocenters. The van der Waals surface area contributed by atoms with Crippen molar-refractivity contribution >= 4 is 11.6 Å². The van der Waals surface area contributed by atoms with Crippen LogP contribution in [0.25, 0.3) is 0 Å². The molecule has 2 aromatic carbocycles. The van der Waals surface area contributed by atoms with Crippen molar-refractivity contribution in [2.75, 3.05) is 57.3 Å². The van der Waals surface area contributed by atoms with Crippen LogP contribution in [0.3, 0.4) is 0 Å². The number of halogens is 1. The van der Waals surface area contributed by atoms with Crippen molar-refractivity contribution in [2.24, 2.45) is 0 Å². The molecule has 0 aromatic heterocycles. The summed E-state index contributed by atoms with van der Waals surface area (Å²) >= 11 is 0. The molecule has 1 atom stereocenters. The standard InChI is InChI=1S/C28H38FN3O4/c1-21-7-8-26(15-22(21)2)36-20-28(35)18-30(13-14-32(19-28)23(3)33)17-27(34)9-11-31(12-10-27)25-6-4-5-24(29)16-25/h4-8,15-16,34-35H,9-14,17-20H2,1-3H3/t28-/m1/s1. The second kappa shape index (κ2) is 10.7. The zero-order chi connectivity index (χ0) is 25.9. The highest BCUT2D eigenvalue weighted by Gasteiger charge is 2.41. The van der Waals surface area contributed by atoms with Gasteiger partial charge in [0.1, 0.15) is 23.8 Å². The number of anilines is 1. The number of hydrogen-bond acceptors (Lipinski definition) is 6. The van der Waals surface area contributed by atoms with Crippen LogP contribution < -0.4 is 9.64 Å². The second-order valence-electron chi connectivity index (χ2n) is 10.6. The maximum Gasteiger partial charge on any atom is 0.219 e. The summed E-state index contributed by atoms with van der Waals surface area (Å²) in [7, 11) is 0. The maximum atomic E-state index is 13.6. The molecule has 7 nitrogen and oxygen atoms in total. The van der Waals surface area contributed by atoms with Crippen LogP contribution in [0.2, 0.25) is 0 Å². The SMILES string of the molecule is CC(=O)N1CCN(CC2(O)CCN(c3cccc(F)c3)CC2)C[C@](O)(COc2ccc(C)c(C)c2)C1. The predicted octanol–water partition coefficient (Wildman–Crippen LogP) is 2.75. The number of benzene rings is 2. The van der Waals surface area contributed by atoms with E-state index in [9.17, 15) is 19.4 Å². The van der Waals surface area contributed by atoms with E-state index in [0.29, 0.717) is 51.3 Å². The maximum absolute atomic E-state index is 13.6. The molecule has 8 heteroatoms. The fraction of sp³-hybridized carbons (Fsp3) is 0.536. The van der Waals surface area contributed by atoms with E-state index in [4.69, 9.17) is 4.74 Å². The Kier molecular flexibility index (Phi) is 7.87. The first-order valence-corrected chi connectivity index (χ1v) is 12.7. The Morgan fingerprint density at radius 2 is 1.72 bits per heavy atom. The van der Waals surface area contributed by atoms with E-state index >= 15 is 0 Å². The third-order valence-corrected chi connectivity index (χ3v) is 7.51. The molecule has 2 aromatic rings. The number of aryl methyl sites for hydroxylation is 2. The minimum absolute atomic E-state index is 0.0432. The van der Waals surface area contributed by atoms with Gasteiger partial charge in [-0.05, 0) is 68.1 Å². The fourth-order valence-electron chi connectivity index (χ4n) is 5.19. The van der Waals surface area contributed by atoms with Gasteiger partial charge in [0.2, 0.25) is 5.91 Å². The van der Waals surface area contributed by atoms with Gasteiger partial charge < -0.3 is 24.7 Å². The lowest BCUT2D eigenvalue weighted by Gasteiger charge is -2.42. The summed E-state index contributed by atoms with van der Waals surface area (Å²) in [5.41, 5.74) is 0.895. The first-order chi connectivity index (χ1) is 17.0. The summed E-state index contributed by atoms with van der Waals surface area (Å²) in [6, 6.07) is 12.4. The van der Waals surface area contributed by atoms with Crippen LogP contribution in [0.4, 0.5) is 10.1 Å². The molecule has 36 heavy (non-hydrogen) atoms. The summed E-state index contributed by atoms with van der Waals surface area (Å²) in [6.07, 6.45) is 1.07. The topological polar surface area (TPSA) is 76.5 Å². The summed E-state index contributed by atoms with van der Waals surface area (Å²) in [5, 5.41) is 23.0. The molecule has 0 saturated carbocycles. The zero-order valence-electron chi connectivity index (χ0n) is 21.5. The number of aliphatic hydroxyl groups is 2. The number of carbonyl (C=O) groups is 1. The Morgan fingerprint density at radius 1 is 0.972 bits per heavy atom. The van der Waals surface area contributed by atoms with Crippen molar-refractivity contribution in [3.05, 3.63) is 59.4 Å². The normalized spacial score (nSPS) is 22.8. The molecule has 0 bridgehead atoms. The lowest BCUT2D eigenvalue weighted by atomic mass is 9.90. The number of ether oxygens (including phenoxy) is 1. The molecule has 2 fully saturated rings. The summed E-state index contributed by atoms with van der Waals surface area (Å²) in [5.74, 6) is 0.318. The number of β-amino-alcohol motifs (C(OH)–C–C–N with tert-alkyl or cyclic N) is 2. The van der Waals surface area contributed by atoms with Crippen molar-refractivity contribution < 1.29 is 24.1 Å². The fourth-order valence-corrected chi connectivity index (χ4v) is 5.19. The van der Waals surface area contributed by atoms with Gasteiger partial charge in [0.25, 0.3) is 0 Å². The third-order valence-electron chi connectivity index (χ3n) is 7.51. The highest BCUT2D eigenvalue weighted by molar-refractivity contribution is 5.73. The molecule has 1 amide bonds. The van der Waals surface area contributed by atoms with Crippen LogP contribution in [0.1, 0.15) is 30.9 Å². The van der Waals surface area contributed by atoms with Gasteiger partial charge >= 0.3 is 0 Å². The van der Waals surface area contributed by atoms with E-state index in [-0.39, 0.29) is 31.4 Å². The smallest absolute Gasteiger partial charge is 0.219 e. The van der Waals surface area contributed by atoms with E-state index in [2.05, 4.69) is 4.90 Å². The molecule has 2 N–H and O–H groups in total. The largest absolute Gasteiger partial charge is 0.490 e. The van der Waals surface area contributed by atoms with Crippen molar-refractivity contribution in [3.8, 4) is 5.75 Å². The first-order valence-electron chi connectivity index (χ1n) is 12.7. The average Bonchev–Trinajstić information content (AvgIpc) is 2.99. The van der Waals surface area contributed by atoms with E-state index in [1.54, 1.807) is 11.0 Å². The Labute approximate surface area is 213 Å². The van der Waals surface area contributed by atoms with E-state index in [1.807, 2.05) is 43.0 Å². The van der Waals surface area contributed by atoms with Gasteiger partial charge in [0.15, 0.2) is 0 Å². The minimum atomic E-state index is -1.28. The van der Waals surface area contributed by atoms with E-state index in [1.165, 1.54) is 24.6 Å². The third kappa shape index (κ3) is 6.55. The highest BCUT2D eigenvalue weighted by atomic mass is 19.1. The quantitative estimate of drug-likeness (QED) is 0.637. The number of rotatable bonds is 6. The molecule has 0 radical (unpaired) electrons. The molecule has 2 heterocycles. The molecular weight excluding hydrogens is 461 g/mol. The lowest BCUT2D eigenvalue weighted by molar-refractivity contribution is -0.132. The van der Waals surface area contributed by atoms with Crippen LogP contribution in [-0.4, -0.2) is 89.5 Å². The molecule has 2 aliphatic heterocycles. The average molecular weight is 500 g/mol. The van der Waals surface area contributed by atoms with Gasteiger partial charge in [-0.25, -0.2) is 4.39 Å². The summed E-state index contributed by atoms with van der Waals surface area (Å²) < 4.78 is 19.6. The van der Waals surface area contributed by atoms with E-state index < -0.39 is 11.2 Å². The van der Waals surface area contributed by atoms with Crippen LogP contribution in [0, 0.1) is 19.7 Å². The van der Waals surface area contributed by atoms with Gasteiger partial charge in [-0.15, -0.1) is 0 Å². The molecular formula is C28H38FN3O4. The molecule has 0 aliphatic carbocycles. The predicted molar refractivity (Wildman–Crippen MR) is 138 cm³/mol. The van der Waals surface area contributed by atoms with Crippen LogP contribution in [-0.2, 0) is 4.79 Å². The van der Waals surface area contributed by atoms with Crippen molar-refractivity contribution in [1.29, 1.82) is 0 Å². The molecule has 196 valence electrons. The van der Waals surface area contributed by atoms with Gasteiger partial charge in [0, 0.05) is 51.9 Å². The number of carbonyl (C=O) groups excluding carboxylic acids is 1. The van der Waals surface area contributed by atoms with Gasteiger partial charge in [-0.2, -0.15) is 0 Å². The van der Waals surface area contributed by atoms with E-state index in [0.717, 1.165) is 11.3 Å². The van der Waals surface area contributed by atoms with Gasteiger partial charge in [-0.1, -0.05) is 12.1 Å². The molecule has 4 rings (SSSR count). The number of piperidine rings is 1. The molecule has 2 saturated heterocycles. The van der Waals surface area contributed by atoms with Crippen molar-refractivity contribution in [2.45, 2.75) is 44.8 Å². The number of hydrogen-bond donors (Lipinski definition) is 2. The number of amides is 1. The Balaban J connectivity index is 1.41. The lowest BCUT2D eigenvalue weighted by Crippen LogP contribution is -2.55. The Morgan fingerprint density at radius 3 is 2.39 bits per heavy atom. The van der Waals surface area contributed by atoms with Gasteiger partial charge in [0.05, 0.1) is 12.1 Å².